The maximum absolute atomic E-state index is 4.77. The lowest BCUT2D eigenvalue weighted by atomic mass is 9.80. The van der Waals surface area contributed by atoms with Crippen molar-refractivity contribution < 1.29 is 0 Å². The van der Waals surface area contributed by atoms with Gasteiger partial charge >= 0.3 is 0 Å². The van der Waals surface area contributed by atoms with Gasteiger partial charge in [0.05, 0.1) is 0 Å². The zero-order valence-electron chi connectivity index (χ0n) is 23.9. The minimum Gasteiger partial charge on any atom is -0.317 e. The Labute approximate surface area is 215 Å². The van der Waals surface area contributed by atoms with Crippen molar-refractivity contribution in [3.05, 3.63) is 63.8 Å². The maximum atomic E-state index is 4.77. The smallest absolute Gasteiger partial charge is 0.120 e. The summed E-state index contributed by atoms with van der Waals surface area (Å²) in [6.07, 6.45) is 10.2. The zero-order chi connectivity index (χ0) is 26.0. The predicted octanol–water partition coefficient (Wildman–Crippen LogP) is 8.46. The number of amidine groups is 1. The van der Waals surface area contributed by atoms with Crippen LogP contribution in [0.2, 0.25) is 0 Å². The van der Waals surface area contributed by atoms with E-state index in [1.807, 2.05) is 6.92 Å². The van der Waals surface area contributed by atoms with Crippen molar-refractivity contribution in [3.8, 4) is 0 Å². The van der Waals surface area contributed by atoms with Crippen LogP contribution in [0.4, 0.5) is 0 Å². The van der Waals surface area contributed by atoms with E-state index < -0.39 is 0 Å². The summed E-state index contributed by atoms with van der Waals surface area (Å²) < 4.78 is 0. The number of piperidine rings is 1. The zero-order valence-corrected chi connectivity index (χ0v) is 23.9. The van der Waals surface area contributed by atoms with E-state index in [1.54, 1.807) is 7.05 Å². The summed E-state index contributed by atoms with van der Waals surface area (Å²) in [4.78, 5) is 9.02. The fourth-order valence-electron chi connectivity index (χ4n) is 5.20. The van der Waals surface area contributed by atoms with Gasteiger partial charge in [0, 0.05) is 12.8 Å². The van der Waals surface area contributed by atoms with Gasteiger partial charge in [-0.3, -0.25) is 4.99 Å². The van der Waals surface area contributed by atoms with E-state index >= 15 is 0 Å². The van der Waals surface area contributed by atoms with E-state index in [0.29, 0.717) is 11.8 Å². The first-order chi connectivity index (χ1) is 16.8. The molecule has 1 N–H and O–H groups in total. The molecule has 0 saturated carbocycles. The van der Waals surface area contributed by atoms with Crippen LogP contribution in [0.25, 0.3) is 5.57 Å². The third-order valence-electron chi connectivity index (χ3n) is 7.21. The molecule has 0 atom stereocenters. The van der Waals surface area contributed by atoms with Crippen LogP contribution in [0.3, 0.4) is 0 Å². The molecule has 192 valence electrons. The molecule has 3 heteroatoms. The molecule has 1 saturated heterocycles. The molecule has 35 heavy (non-hydrogen) atoms. The summed E-state index contributed by atoms with van der Waals surface area (Å²) in [6.45, 7) is 20.0. The average Bonchev–Trinajstić information content (AvgIpc) is 2.86. The summed E-state index contributed by atoms with van der Waals surface area (Å²) in [5.74, 6) is 1.93. The highest BCUT2D eigenvalue weighted by molar-refractivity contribution is 6.06. The van der Waals surface area contributed by atoms with E-state index in [-0.39, 0.29) is 0 Å². The summed E-state index contributed by atoms with van der Waals surface area (Å²) in [6, 6.07) is 7.23. The number of allylic oxidation sites excluding steroid dienone is 6. The van der Waals surface area contributed by atoms with Gasteiger partial charge in [0.2, 0.25) is 0 Å². The van der Waals surface area contributed by atoms with Crippen LogP contribution in [0.15, 0.2) is 57.1 Å². The fraction of sp³-hybridized carbons (Fsp3) is 0.562. The van der Waals surface area contributed by atoms with Gasteiger partial charge in [-0.2, -0.15) is 0 Å². The maximum Gasteiger partial charge on any atom is 0.120 e. The van der Waals surface area contributed by atoms with Gasteiger partial charge < -0.3 is 5.32 Å². The monoisotopic (exact) mass is 475 g/mol. The highest BCUT2D eigenvalue weighted by Gasteiger charge is 2.21. The Morgan fingerprint density at radius 2 is 1.83 bits per heavy atom. The Balaban J connectivity index is 2.68. The largest absolute Gasteiger partial charge is 0.317 e. The van der Waals surface area contributed by atoms with E-state index in [9.17, 15) is 0 Å². The summed E-state index contributed by atoms with van der Waals surface area (Å²) in [5.41, 5.74) is 10.9. The molecule has 1 heterocycles. The Bertz CT molecular complexity index is 996. The van der Waals surface area contributed by atoms with Gasteiger partial charge in [0.1, 0.15) is 5.84 Å². The lowest BCUT2D eigenvalue weighted by molar-refractivity contribution is 0.460. The molecular formula is C32H49N3. The van der Waals surface area contributed by atoms with E-state index in [4.69, 9.17) is 4.99 Å². The van der Waals surface area contributed by atoms with Crippen LogP contribution in [0, 0.1) is 12.8 Å². The minimum absolute atomic E-state index is 0.441. The van der Waals surface area contributed by atoms with Crippen LogP contribution in [0.1, 0.15) is 103 Å². The van der Waals surface area contributed by atoms with Crippen molar-refractivity contribution >= 4 is 17.1 Å². The highest BCUT2D eigenvalue weighted by atomic mass is 14.9. The number of nitrogens with one attached hydrogen (secondary N) is 1. The Kier molecular flexibility index (Phi) is 11.9. The van der Waals surface area contributed by atoms with Crippen LogP contribution >= 0.6 is 0 Å². The molecule has 0 unspecified atom stereocenters. The van der Waals surface area contributed by atoms with Gasteiger partial charge in [-0.05, 0) is 117 Å². The second-order valence-corrected chi connectivity index (χ2v) is 10.1. The van der Waals surface area contributed by atoms with Gasteiger partial charge in [0.15, 0.2) is 0 Å². The molecule has 2 rings (SSSR count). The number of hydrogen-bond donors (Lipinski definition) is 1. The number of aliphatic imine (C=N–C) groups is 2. The number of rotatable bonds is 9. The molecule has 3 nitrogen and oxygen atoms in total. The summed E-state index contributed by atoms with van der Waals surface area (Å²) >= 11 is 0. The van der Waals surface area contributed by atoms with E-state index in [2.05, 4.69) is 89.1 Å². The molecule has 1 aliphatic rings. The molecule has 1 aromatic carbocycles. The van der Waals surface area contributed by atoms with Gasteiger partial charge in [-0.15, -0.1) is 0 Å². The fourth-order valence-corrected chi connectivity index (χ4v) is 5.20. The average molecular weight is 476 g/mol. The predicted molar refractivity (Wildman–Crippen MR) is 157 cm³/mol. The van der Waals surface area contributed by atoms with Crippen molar-refractivity contribution in [2.45, 2.75) is 93.4 Å². The number of nitrogens with zero attached hydrogens (tertiary/aromatic N) is 2. The van der Waals surface area contributed by atoms with E-state index in [1.165, 1.54) is 51.8 Å². The van der Waals surface area contributed by atoms with Crippen LogP contribution in [-0.4, -0.2) is 31.7 Å². The van der Waals surface area contributed by atoms with Crippen LogP contribution < -0.4 is 5.32 Å². The van der Waals surface area contributed by atoms with Crippen LogP contribution in [0.5, 0.6) is 0 Å². The Hall–Kier alpha value is -2.26. The van der Waals surface area contributed by atoms with Crippen molar-refractivity contribution in [3.63, 3.8) is 0 Å². The number of benzene rings is 1. The first kappa shape index (κ1) is 29.0. The molecule has 0 aromatic heterocycles. The molecular weight excluding hydrogens is 426 g/mol. The van der Waals surface area contributed by atoms with Gasteiger partial charge in [-0.1, -0.05) is 64.5 Å². The number of aryl methyl sites for hydroxylation is 1. The molecule has 0 aliphatic carbocycles. The lowest BCUT2D eigenvalue weighted by Crippen LogP contribution is -2.26. The first-order valence-corrected chi connectivity index (χ1v) is 13.7. The van der Waals surface area contributed by atoms with Crippen molar-refractivity contribution in [2.75, 3.05) is 20.1 Å². The summed E-state index contributed by atoms with van der Waals surface area (Å²) in [7, 11) is 1.81. The van der Waals surface area contributed by atoms with Crippen molar-refractivity contribution in [1.82, 2.24) is 5.32 Å². The molecule has 1 aliphatic heterocycles. The third-order valence-corrected chi connectivity index (χ3v) is 7.21. The molecule has 1 aromatic rings. The molecule has 0 radical (unpaired) electrons. The van der Waals surface area contributed by atoms with Crippen LogP contribution in [-0.2, 0) is 0 Å². The lowest BCUT2D eigenvalue weighted by Gasteiger charge is -2.26. The Morgan fingerprint density at radius 1 is 1.14 bits per heavy atom. The minimum atomic E-state index is 0.441. The first-order valence-electron chi connectivity index (χ1n) is 13.7. The third kappa shape index (κ3) is 7.87. The summed E-state index contributed by atoms with van der Waals surface area (Å²) in [5, 5.41) is 3.52. The normalized spacial score (nSPS) is 17.8. The topological polar surface area (TPSA) is 36.8 Å². The Morgan fingerprint density at radius 3 is 2.37 bits per heavy atom. The molecule has 0 bridgehead atoms. The van der Waals surface area contributed by atoms with Crippen molar-refractivity contribution in [1.29, 1.82) is 0 Å². The second kappa shape index (κ2) is 14.3. The van der Waals surface area contributed by atoms with E-state index in [0.717, 1.165) is 43.9 Å². The van der Waals surface area contributed by atoms with Gasteiger partial charge in [-0.25, -0.2) is 4.99 Å². The number of hydrogen-bond acceptors (Lipinski definition) is 2. The van der Waals surface area contributed by atoms with Crippen molar-refractivity contribution in [2.24, 2.45) is 15.9 Å². The SMILES string of the molecule is C/C=C(\C=C(\C)C(CC)=NC(C)=NC)C(/CCC)=C(/c1cc(C2CCNCC2)ccc1C)C(C)C. The molecule has 1 fully saturated rings. The second-order valence-electron chi connectivity index (χ2n) is 10.1. The standard InChI is InChI=1S/C32H49N3/c1-10-13-29(26(11-2)20-24(7)31(12-3)35-25(8)33-9)32(22(4)5)30-21-28(15-14-23(30)6)27-16-18-34-19-17-27/h11,14-15,20-22,27,34H,10,12-13,16-19H2,1-9H3/b24-20-,26-11+,32-29+,33-25?,35-31?. The molecule has 0 amide bonds. The quantitative estimate of drug-likeness (QED) is 0.217. The van der Waals surface area contributed by atoms with Gasteiger partial charge in [0.25, 0.3) is 0 Å². The molecule has 0 spiro atoms. The highest BCUT2D eigenvalue weighted by Crippen LogP contribution is 2.38.